The quantitative estimate of drug-likeness (QED) is 0.621. The number of oxazole rings is 1. The van der Waals surface area contributed by atoms with Crippen LogP contribution in [0.4, 0.5) is 0 Å². The van der Waals surface area contributed by atoms with E-state index in [0.29, 0.717) is 41.7 Å². The summed E-state index contributed by atoms with van der Waals surface area (Å²) in [5, 5.41) is 8.81. The molecule has 10 heteroatoms. The molecule has 2 heterocycles. The molecule has 0 saturated heterocycles. The van der Waals surface area contributed by atoms with Crippen LogP contribution in [-0.2, 0) is 16.1 Å². The first-order valence-corrected chi connectivity index (χ1v) is 10.1. The van der Waals surface area contributed by atoms with Crippen LogP contribution in [0.25, 0.3) is 0 Å². The number of hydrogen-bond donors (Lipinski definition) is 1. The predicted octanol–water partition coefficient (Wildman–Crippen LogP) is 2.29. The number of methoxy groups -OCH3 is 2. The van der Waals surface area contributed by atoms with Crippen LogP contribution in [0.1, 0.15) is 36.9 Å². The highest BCUT2D eigenvalue weighted by atomic mass is 16.6. The van der Waals surface area contributed by atoms with Gasteiger partial charge in [0.25, 0.3) is 5.91 Å². The summed E-state index contributed by atoms with van der Waals surface area (Å²) in [7, 11) is 3.01. The lowest BCUT2D eigenvalue weighted by atomic mass is 9.86. The second-order valence-corrected chi connectivity index (χ2v) is 6.86. The molecule has 10 nitrogen and oxygen atoms in total. The topological polar surface area (TPSA) is 133 Å². The standard InChI is InChI=1S/C22H26N4O6/c1-5-26(6-2)21(27)18-17(13-7-8-14(30-10-9-23)15(11-13)29-4)19-22(32-20(18)24)31-16(25-19)12-28-3/h7-8,11,17H,5-6,10,12,24H2,1-4H3. The highest BCUT2D eigenvalue weighted by molar-refractivity contribution is 5.96. The van der Waals surface area contributed by atoms with Gasteiger partial charge in [-0.2, -0.15) is 5.26 Å². The highest BCUT2D eigenvalue weighted by Crippen LogP contribution is 2.44. The molecule has 1 amide bonds. The number of ether oxygens (including phenoxy) is 4. The van der Waals surface area contributed by atoms with Crippen LogP contribution in [0, 0.1) is 11.3 Å². The van der Waals surface area contributed by atoms with Crippen molar-refractivity contribution in [2.45, 2.75) is 26.4 Å². The van der Waals surface area contributed by atoms with Crippen molar-refractivity contribution in [2.75, 3.05) is 33.9 Å². The van der Waals surface area contributed by atoms with Crippen molar-refractivity contribution in [1.82, 2.24) is 9.88 Å². The third-order valence-electron chi connectivity index (χ3n) is 5.06. The molecular weight excluding hydrogens is 416 g/mol. The van der Waals surface area contributed by atoms with Gasteiger partial charge in [-0.15, -0.1) is 0 Å². The first kappa shape index (κ1) is 23.0. The van der Waals surface area contributed by atoms with Crippen LogP contribution in [-0.4, -0.2) is 49.7 Å². The number of hydrogen-bond acceptors (Lipinski definition) is 9. The maximum Gasteiger partial charge on any atom is 0.316 e. The normalized spacial score (nSPS) is 14.9. The van der Waals surface area contributed by atoms with Gasteiger partial charge in [0.05, 0.1) is 18.6 Å². The molecule has 1 aromatic carbocycles. The Morgan fingerprint density at radius 1 is 1.28 bits per heavy atom. The smallest absolute Gasteiger partial charge is 0.316 e. The Morgan fingerprint density at radius 2 is 2.03 bits per heavy atom. The largest absolute Gasteiger partial charge is 0.493 e. The molecule has 1 unspecified atom stereocenters. The predicted molar refractivity (Wildman–Crippen MR) is 113 cm³/mol. The molecule has 0 radical (unpaired) electrons. The monoisotopic (exact) mass is 442 g/mol. The Labute approximate surface area is 186 Å². The lowest BCUT2D eigenvalue weighted by molar-refractivity contribution is -0.127. The Hall–Kier alpha value is -3.71. The minimum absolute atomic E-state index is 0.0525. The summed E-state index contributed by atoms with van der Waals surface area (Å²) in [6.07, 6.45) is 0. The molecule has 1 aromatic heterocycles. The van der Waals surface area contributed by atoms with Gasteiger partial charge < -0.3 is 34.0 Å². The van der Waals surface area contributed by atoms with Crippen molar-refractivity contribution in [2.24, 2.45) is 5.73 Å². The first-order valence-electron chi connectivity index (χ1n) is 10.1. The minimum Gasteiger partial charge on any atom is -0.493 e. The zero-order valence-corrected chi connectivity index (χ0v) is 18.5. The molecule has 0 spiro atoms. The van der Waals surface area contributed by atoms with Crippen molar-refractivity contribution in [3.8, 4) is 23.5 Å². The van der Waals surface area contributed by atoms with Gasteiger partial charge in [0.1, 0.15) is 18.4 Å². The number of rotatable bonds is 9. The fraction of sp³-hybridized carbons (Fsp3) is 0.409. The minimum atomic E-state index is -0.667. The summed E-state index contributed by atoms with van der Waals surface area (Å²) in [6.45, 7) is 4.79. The van der Waals surface area contributed by atoms with E-state index in [0.717, 1.165) is 0 Å². The Balaban J connectivity index is 2.15. The molecule has 1 aliphatic heterocycles. The zero-order chi connectivity index (χ0) is 23.3. The molecule has 2 aromatic rings. The number of aromatic nitrogens is 1. The molecule has 0 aliphatic carbocycles. The van der Waals surface area contributed by atoms with Gasteiger partial charge in [-0.3, -0.25) is 4.79 Å². The van der Waals surface area contributed by atoms with E-state index in [2.05, 4.69) is 4.98 Å². The number of likely N-dealkylation sites (N-methyl/N-ethyl adjacent to an activating group) is 1. The summed E-state index contributed by atoms with van der Waals surface area (Å²) in [4.78, 5) is 19.6. The van der Waals surface area contributed by atoms with Crippen LogP contribution in [0.5, 0.6) is 17.4 Å². The number of nitrogens with zero attached hydrogens (tertiary/aromatic N) is 3. The van der Waals surface area contributed by atoms with Crippen LogP contribution < -0.4 is 19.9 Å². The molecular formula is C22H26N4O6. The second-order valence-electron chi connectivity index (χ2n) is 6.86. The number of benzene rings is 1. The number of nitrogens with two attached hydrogens (primary N) is 1. The molecule has 0 bridgehead atoms. The molecule has 32 heavy (non-hydrogen) atoms. The Bertz CT molecular complexity index is 1050. The van der Waals surface area contributed by atoms with E-state index < -0.39 is 5.92 Å². The van der Waals surface area contributed by atoms with E-state index in [1.54, 1.807) is 23.1 Å². The summed E-state index contributed by atoms with van der Waals surface area (Å²) in [5.74, 6) is 0.234. The van der Waals surface area contributed by atoms with Crippen LogP contribution in [0.2, 0.25) is 0 Å². The van der Waals surface area contributed by atoms with Gasteiger partial charge in [-0.1, -0.05) is 6.07 Å². The summed E-state index contributed by atoms with van der Waals surface area (Å²) in [6, 6.07) is 7.09. The first-order chi connectivity index (χ1) is 15.5. The Morgan fingerprint density at radius 3 is 2.66 bits per heavy atom. The molecule has 2 N–H and O–H groups in total. The van der Waals surface area contributed by atoms with Gasteiger partial charge in [-0.05, 0) is 31.5 Å². The van der Waals surface area contributed by atoms with E-state index in [1.807, 2.05) is 19.9 Å². The second kappa shape index (κ2) is 10.1. The van der Waals surface area contributed by atoms with Gasteiger partial charge in [-0.25, -0.2) is 4.98 Å². The molecule has 1 aliphatic rings. The van der Waals surface area contributed by atoms with Gasteiger partial charge in [0.2, 0.25) is 11.8 Å². The van der Waals surface area contributed by atoms with Crippen molar-refractivity contribution >= 4 is 5.91 Å². The molecule has 0 saturated carbocycles. The maximum atomic E-state index is 13.4. The number of nitriles is 1. The number of carbonyl (C=O) groups excluding carboxylic acids is 1. The molecule has 3 rings (SSSR count). The van der Waals surface area contributed by atoms with Gasteiger partial charge in [0, 0.05) is 20.2 Å². The van der Waals surface area contributed by atoms with Crippen LogP contribution in [0.3, 0.4) is 0 Å². The maximum absolute atomic E-state index is 13.4. The zero-order valence-electron chi connectivity index (χ0n) is 18.5. The van der Waals surface area contributed by atoms with Gasteiger partial charge >= 0.3 is 5.95 Å². The third kappa shape index (κ3) is 4.33. The van der Waals surface area contributed by atoms with E-state index in [9.17, 15) is 4.79 Å². The summed E-state index contributed by atoms with van der Waals surface area (Å²) < 4.78 is 27.3. The third-order valence-corrected chi connectivity index (χ3v) is 5.06. The van der Waals surface area contributed by atoms with Gasteiger partial charge in [0.15, 0.2) is 18.1 Å². The fourth-order valence-electron chi connectivity index (χ4n) is 3.56. The number of carbonyl (C=O) groups is 1. The van der Waals surface area contributed by atoms with E-state index in [1.165, 1.54) is 14.2 Å². The van der Waals surface area contributed by atoms with E-state index >= 15 is 0 Å². The van der Waals surface area contributed by atoms with Crippen molar-refractivity contribution < 1.29 is 28.2 Å². The van der Waals surface area contributed by atoms with E-state index in [-0.39, 0.29) is 36.5 Å². The fourth-order valence-corrected chi connectivity index (χ4v) is 3.56. The van der Waals surface area contributed by atoms with Crippen molar-refractivity contribution in [1.29, 1.82) is 5.26 Å². The van der Waals surface area contributed by atoms with E-state index in [4.69, 9.17) is 34.4 Å². The number of amides is 1. The average Bonchev–Trinajstić information content (AvgIpc) is 3.19. The van der Waals surface area contributed by atoms with Crippen LogP contribution >= 0.6 is 0 Å². The summed E-state index contributed by atoms with van der Waals surface area (Å²) in [5.41, 5.74) is 7.56. The van der Waals surface area contributed by atoms with Crippen molar-refractivity contribution in [3.05, 3.63) is 46.8 Å². The molecule has 170 valence electrons. The lowest BCUT2D eigenvalue weighted by Crippen LogP contribution is -2.37. The highest BCUT2D eigenvalue weighted by Gasteiger charge is 2.40. The molecule has 0 fully saturated rings. The SMILES string of the molecule is CCN(CC)C(=O)C1=C(N)Oc2oc(COC)nc2C1c1ccc(OCC#N)c(OC)c1. The number of fused-ring (bicyclic) bond motifs is 1. The lowest BCUT2D eigenvalue weighted by Gasteiger charge is -2.28. The average molecular weight is 442 g/mol. The van der Waals surface area contributed by atoms with Crippen LogP contribution in [0.15, 0.2) is 34.1 Å². The summed E-state index contributed by atoms with van der Waals surface area (Å²) >= 11 is 0. The molecule has 1 atom stereocenters. The Kier molecular flexibility index (Phi) is 7.22. The van der Waals surface area contributed by atoms with Crippen molar-refractivity contribution in [3.63, 3.8) is 0 Å².